The van der Waals surface area contributed by atoms with Gasteiger partial charge >= 0.3 is 0 Å². The molecule has 1 aromatic heterocycles. The number of H-pyrrole nitrogens is 1. The van der Waals surface area contributed by atoms with Crippen molar-refractivity contribution in [2.45, 2.75) is 19.3 Å². The van der Waals surface area contributed by atoms with Crippen molar-refractivity contribution in [2.75, 3.05) is 7.11 Å². The number of aromatic amines is 1. The van der Waals surface area contributed by atoms with Crippen LogP contribution in [0, 0.1) is 11.3 Å². The zero-order valence-corrected chi connectivity index (χ0v) is 13.1. The fourth-order valence-electron chi connectivity index (χ4n) is 3.00. The van der Waals surface area contributed by atoms with Crippen molar-refractivity contribution < 1.29 is 9.84 Å². The van der Waals surface area contributed by atoms with Crippen LogP contribution in [0.2, 0.25) is 0 Å². The highest BCUT2D eigenvalue weighted by Crippen LogP contribution is 2.36. The second kappa shape index (κ2) is 6.05. The van der Waals surface area contributed by atoms with Gasteiger partial charge in [0.2, 0.25) is 0 Å². The topological polar surface area (TPSA) is 69.0 Å². The Bertz CT molecular complexity index is 873. The minimum atomic E-state index is 0.151. The van der Waals surface area contributed by atoms with Gasteiger partial charge in [-0.05, 0) is 34.9 Å². The largest absolute Gasteiger partial charge is 0.508 e. The lowest BCUT2D eigenvalue weighted by atomic mass is 9.91. The molecule has 3 rings (SSSR count). The fourth-order valence-corrected chi connectivity index (χ4v) is 3.00. The number of hydrogen-bond acceptors (Lipinski definition) is 3. The molecule has 0 amide bonds. The summed E-state index contributed by atoms with van der Waals surface area (Å²) in [6.07, 6.45) is 2.22. The summed E-state index contributed by atoms with van der Waals surface area (Å²) in [6, 6.07) is 13.4. The van der Waals surface area contributed by atoms with E-state index in [9.17, 15) is 5.11 Å². The van der Waals surface area contributed by atoms with E-state index in [1.807, 2.05) is 30.5 Å². The van der Waals surface area contributed by atoms with Gasteiger partial charge in [-0.25, -0.2) is 0 Å². The van der Waals surface area contributed by atoms with E-state index < -0.39 is 0 Å². The number of nitrogens with zero attached hydrogens (tertiary/aromatic N) is 1. The maximum atomic E-state index is 9.46. The summed E-state index contributed by atoms with van der Waals surface area (Å²) < 4.78 is 5.47. The summed E-state index contributed by atoms with van der Waals surface area (Å²) in [7, 11) is 1.64. The van der Waals surface area contributed by atoms with Gasteiger partial charge in [0.15, 0.2) is 0 Å². The molecule has 0 aliphatic rings. The van der Waals surface area contributed by atoms with Crippen LogP contribution in [0.4, 0.5) is 0 Å². The molecule has 0 spiro atoms. The fraction of sp³-hybridized carbons (Fsp3) is 0.211. The van der Waals surface area contributed by atoms with Gasteiger partial charge in [0, 0.05) is 17.5 Å². The molecule has 0 bridgehead atoms. The molecular weight excluding hydrogens is 288 g/mol. The van der Waals surface area contributed by atoms with Crippen LogP contribution in [0.5, 0.6) is 11.5 Å². The third-order valence-corrected chi connectivity index (χ3v) is 4.26. The average Bonchev–Trinajstić information content (AvgIpc) is 2.99. The van der Waals surface area contributed by atoms with Crippen molar-refractivity contribution in [3.63, 3.8) is 0 Å². The van der Waals surface area contributed by atoms with Crippen molar-refractivity contribution in [1.82, 2.24) is 4.98 Å². The first-order chi connectivity index (χ1) is 11.2. The van der Waals surface area contributed by atoms with Crippen molar-refractivity contribution in [2.24, 2.45) is 0 Å². The third-order valence-electron chi connectivity index (χ3n) is 4.26. The van der Waals surface area contributed by atoms with E-state index in [0.717, 1.165) is 33.3 Å². The highest BCUT2D eigenvalue weighted by atomic mass is 16.5. The van der Waals surface area contributed by atoms with Crippen molar-refractivity contribution in [3.8, 4) is 17.6 Å². The van der Waals surface area contributed by atoms with Crippen LogP contribution in [-0.4, -0.2) is 17.2 Å². The summed E-state index contributed by atoms with van der Waals surface area (Å²) in [6.45, 7) is 2.12. The van der Waals surface area contributed by atoms with Crippen LogP contribution in [-0.2, 0) is 6.42 Å². The number of aromatic hydroxyl groups is 1. The monoisotopic (exact) mass is 306 g/mol. The number of rotatable bonds is 4. The van der Waals surface area contributed by atoms with Crippen LogP contribution < -0.4 is 4.74 Å². The molecule has 116 valence electrons. The zero-order chi connectivity index (χ0) is 16.4. The Balaban J connectivity index is 2.15. The van der Waals surface area contributed by atoms with Gasteiger partial charge in [-0.2, -0.15) is 5.26 Å². The van der Waals surface area contributed by atoms with E-state index in [1.165, 1.54) is 0 Å². The van der Waals surface area contributed by atoms with Crippen LogP contribution in [0.15, 0.2) is 42.6 Å². The number of phenolic OH excluding ortho intramolecular Hbond substituents is 1. The maximum absolute atomic E-state index is 9.46. The molecule has 0 aliphatic heterocycles. The third kappa shape index (κ3) is 2.62. The van der Waals surface area contributed by atoms with Gasteiger partial charge in [-0.1, -0.05) is 25.1 Å². The first-order valence-electron chi connectivity index (χ1n) is 7.48. The molecule has 1 heterocycles. The Labute approximate surface area is 135 Å². The van der Waals surface area contributed by atoms with Gasteiger partial charge < -0.3 is 14.8 Å². The molecule has 23 heavy (non-hydrogen) atoms. The molecular formula is C19H18N2O2. The van der Waals surface area contributed by atoms with Gasteiger partial charge in [0.05, 0.1) is 25.1 Å². The molecule has 2 N–H and O–H groups in total. The number of fused-ring (bicyclic) bond motifs is 1. The Morgan fingerprint density at radius 2 is 1.96 bits per heavy atom. The molecule has 0 fully saturated rings. The number of aromatic nitrogens is 1. The standard InChI is InChI=1S/C19H18N2O2/c1-12(13-3-5-15(22)6-4-13)16-7-8-17(23-2)18-14(9-10-20)11-21-19(16)18/h3-8,11-12,21-22H,9H2,1-2H3/t12-/m0/s1. The number of benzene rings is 2. The Morgan fingerprint density at radius 1 is 1.22 bits per heavy atom. The number of phenols is 1. The van der Waals surface area contributed by atoms with Crippen LogP contribution in [0.25, 0.3) is 10.9 Å². The van der Waals surface area contributed by atoms with Gasteiger partial charge in [0.1, 0.15) is 11.5 Å². The van der Waals surface area contributed by atoms with E-state index in [1.54, 1.807) is 19.2 Å². The van der Waals surface area contributed by atoms with Crippen molar-refractivity contribution in [1.29, 1.82) is 5.26 Å². The quantitative estimate of drug-likeness (QED) is 0.762. The summed E-state index contributed by atoms with van der Waals surface area (Å²) in [5.41, 5.74) is 4.19. The second-order valence-corrected chi connectivity index (χ2v) is 5.57. The van der Waals surface area contributed by atoms with E-state index in [0.29, 0.717) is 6.42 Å². The minimum Gasteiger partial charge on any atom is -0.508 e. The summed E-state index contributed by atoms with van der Waals surface area (Å²) in [5, 5.41) is 19.4. The summed E-state index contributed by atoms with van der Waals surface area (Å²) in [5.74, 6) is 1.18. The second-order valence-electron chi connectivity index (χ2n) is 5.57. The summed E-state index contributed by atoms with van der Waals surface area (Å²) in [4.78, 5) is 3.30. The Hall–Kier alpha value is -2.93. The number of hydrogen-bond donors (Lipinski definition) is 2. The predicted octanol–water partition coefficient (Wildman–Crippen LogP) is 4.10. The molecule has 4 heteroatoms. The van der Waals surface area contributed by atoms with Crippen LogP contribution in [0.1, 0.15) is 29.5 Å². The molecule has 2 aromatic carbocycles. The minimum absolute atomic E-state index is 0.151. The van der Waals surface area contributed by atoms with Crippen molar-refractivity contribution in [3.05, 3.63) is 59.3 Å². The number of methoxy groups -OCH3 is 1. The highest BCUT2D eigenvalue weighted by molar-refractivity contribution is 5.92. The molecule has 0 saturated heterocycles. The smallest absolute Gasteiger partial charge is 0.128 e. The summed E-state index contributed by atoms with van der Waals surface area (Å²) >= 11 is 0. The van der Waals surface area contributed by atoms with Gasteiger partial charge in [-0.3, -0.25) is 0 Å². The van der Waals surface area contributed by atoms with Crippen LogP contribution >= 0.6 is 0 Å². The lowest BCUT2D eigenvalue weighted by molar-refractivity contribution is 0.419. The normalized spacial score (nSPS) is 12.0. The highest BCUT2D eigenvalue weighted by Gasteiger charge is 2.17. The number of nitrogens with one attached hydrogen (secondary N) is 1. The Kier molecular flexibility index (Phi) is 3.94. The van der Waals surface area contributed by atoms with Gasteiger partial charge in [-0.15, -0.1) is 0 Å². The molecule has 0 radical (unpaired) electrons. The Morgan fingerprint density at radius 3 is 2.61 bits per heavy atom. The SMILES string of the molecule is COc1ccc([C@@H](C)c2ccc(O)cc2)c2[nH]cc(CC#N)c12. The first-order valence-corrected chi connectivity index (χ1v) is 7.48. The molecule has 4 nitrogen and oxygen atoms in total. The predicted molar refractivity (Wildman–Crippen MR) is 89.8 cm³/mol. The number of ether oxygens (including phenoxy) is 1. The van der Waals surface area contributed by atoms with E-state index in [4.69, 9.17) is 10.00 Å². The zero-order valence-electron chi connectivity index (χ0n) is 13.1. The number of nitriles is 1. The van der Waals surface area contributed by atoms with E-state index in [2.05, 4.69) is 18.0 Å². The molecule has 3 aromatic rings. The van der Waals surface area contributed by atoms with E-state index in [-0.39, 0.29) is 11.7 Å². The first kappa shape index (κ1) is 15.0. The van der Waals surface area contributed by atoms with Crippen LogP contribution in [0.3, 0.4) is 0 Å². The lowest BCUT2D eigenvalue weighted by Crippen LogP contribution is -1.98. The molecule has 0 unspecified atom stereocenters. The molecule has 0 saturated carbocycles. The molecule has 1 atom stereocenters. The van der Waals surface area contributed by atoms with E-state index >= 15 is 0 Å². The average molecular weight is 306 g/mol. The van der Waals surface area contributed by atoms with Gasteiger partial charge in [0.25, 0.3) is 0 Å². The lowest BCUT2D eigenvalue weighted by Gasteiger charge is -2.15. The molecule has 0 aliphatic carbocycles. The maximum Gasteiger partial charge on any atom is 0.128 e. The van der Waals surface area contributed by atoms with Crippen molar-refractivity contribution >= 4 is 10.9 Å².